The zero-order valence-corrected chi connectivity index (χ0v) is 33.1. The molecule has 1 saturated carbocycles. The smallest absolute Gasteiger partial charge is 0.462 e. The third kappa shape index (κ3) is 24.1. The maximum atomic E-state index is 12.7. The number of hydrogen-bond acceptors (Lipinski definition) is 12. The molecule has 6 N–H and O–H groups in total. The van der Waals surface area contributed by atoms with Crippen LogP contribution >= 0.6 is 7.82 Å². The summed E-state index contributed by atoms with van der Waals surface area (Å²) >= 11 is 0. The number of aliphatic hydroxyl groups is 5. The molecule has 1 aliphatic carbocycles. The molecule has 1 rings (SSSR count). The Labute approximate surface area is 326 Å². The number of allylic oxidation sites excluding steroid dienone is 16. The predicted octanol–water partition coefficient (Wildman–Crippen LogP) is 5.93. The van der Waals surface area contributed by atoms with Gasteiger partial charge in [0, 0.05) is 12.8 Å². The summed E-state index contributed by atoms with van der Waals surface area (Å²) in [6.07, 6.45) is 26.7. The van der Waals surface area contributed by atoms with Gasteiger partial charge < -0.3 is 39.9 Å². The third-order valence-electron chi connectivity index (χ3n) is 7.95. The van der Waals surface area contributed by atoms with E-state index in [1.807, 2.05) is 42.5 Å². The summed E-state index contributed by atoms with van der Waals surface area (Å²) in [5.74, 6) is -1.30. The highest BCUT2D eigenvalue weighted by molar-refractivity contribution is 7.47. The van der Waals surface area contributed by atoms with Gasteiger partial charge in [0.2, 0.25) is 0 Å². The van der Waals surface area contributed by atoms with Crippen LogP contribution in [0.5, 0.6) is 0 Å². The van der Waals surface area contributed by atoms with E-state index in [1.165, 1.54) is 0 Å². The minimum Gasteiger partial charge on any atom is -0.462 e. The van der Waals surface area contributed by atoms with E-state index in [2.05, 4.69) is 68.5 Å². The molecule has 0 aromatic carbocycles. The lowest BCUT2D eigenvalue weighted by atomic mass is 9.85. The Kier molecular flexibility index (Phi) is 28.0. The number of ether oxygens (including phenoxy) is 2. The second-order valence-corrected chi connectivity index (χ2v) is 14.1. The van der Waals surface area contributed by atoms with Crippen LogP contribution < -0.4 is 0 Å². The molecule has 6 unspecified atom stereocenters. The van der Waals surface area contributed by atoms with Crippen molar-refractivity contribution in [2.45, 2.75) is 134 Å². The van der Waals surface area contributed by atoms with E-state index in [9.17, 15) is 44.6 Å². The van der Waals surface area contributed by atoms with E-state index in [0.29, 0.717) is 25.7 Å². The molecule has 1 fully saturated rings. The van der Waals surface area contributed by atoms with Gasteiger partial charge in [-0.25, -0.2) is 4.57 Å². The molecule has 0 radical (unpaired) electrons. The van der Waals surface area contributed by atoms with Crippen molar-refractivity contribution in [3.05, 3.63) is 97.2 Å². The molecule has 0 spiro atoms. The largest absolute Gasteiger partial charge is 0.472 e. The summed E-state index contributed by atoms with van der Waals surface area (Å²) in [6.45, 7) is 2.88. The summed E-state index contributed by atoms with van der Waals surface area (Å²) in [7, 11) is -5.15. The van der Waals surface area contributed by atoms with Gasteiger partial charge in [-0.3, -0.25) is 18.6 Å². The van der Waals surface area contributed by atoms with Crippen molar-refractivity contribution in [2.24, 2.45) is 0 Å². The highest BCUT2D eigenvalue weighted by Crippen LogP contribution is 2.47. The SMILES string of the molecule is CC/C=C\C/C=C\C/C=C\C/C=C\CCC(=O)OCC(COP(=O)(O)OC1C(O)C(O)C(O)C(O)C1O)OC(=O)CC/C=C\C/C=C\C/C=C\C/C=C\CC. The number of carbonyl (C=O) groups excluding carboxylic acids is 2. The molecule has 6 atom stereocenters. The molecule has 0 bridgehead atoms. The van der Waals surface area contributed by atoms with E-state index in [-0.39, 0.29) is 12.8 Å². The van der Waals surface area contributed by atoms with Gasteiger partial charge in [-0.05, 0) is 64.2 Å². The van der Waals surface area contributed by atoms with Crippen LogP contribution in [0.1, 0.15) is 90.9 Å². The Morgan fingerprint density at radius 1 is 0.545 bits per heavy atom. The average molecular weight is 795 g/mol. The fraction of sp³-hybridized carbons (Fsp3) is 0.561. The minimum atomic E-state index is -5.15. The number of carbonyl (C=O) groups is 2. The Balaban J connectivity index is 2.66. The molecule has 310 valence electrons. The Hall–Kier alpha value is -3.23. The first-order valence-corrected chi connectivity index (χ1v) is 20.5. The molecule has 0 aromatic heterocycles. The van der Waals surface area contributed by atoms with Crippen LogP contribution in [0.4, 0.5) is 0 Å². The average Bonchev–Trinajstić information content (AvgIpc) is 3.16. The van der Waals surface area contributed by atoms with Crippen molar-refractivity contribution in [3.63, 3.8) is 0 Å². The maximum absolute atomic E-state index is 12.7. The van der Waals surface area contributed by atoms with E-state index in [0.717, 1.165) is 38.5 Å². The molecule has 13 nitrogen and oxygen atoms in total. The van der Waals surface area contributed by atoms with E-state index in [1.54, 1.807) is 0 Å². The van der Waals surface area contributed by atoms with E-state index in [4.69, 9.17) is 18.5 Å². The van der Waals surface area contributed by atoms with Gasteiger partial charge >= 0.3 is 19.8 Å². The monoisotopic (exact) mass is 794 g/mol. The fourth-order valence-electron chi connectivity index (χ4n) is 4.90. The van der Waals surface area contributed by atoms with Crippen LogP contribution in [-0.4, -0.2) is 98.3 Å². The minimum absolute atomic E-state index is 0.0249. The zero-order valence-electron chi connectivity index (χ0n) is 32.2. The summed E-state index contributed by atoms with van der Waals surface area (Å²) in [5.41, 5.74) is 0. The van der Waals surface area contributed by atoms with Gasteiger partial charge in [0.15, 0.2) is 6.10 Å². The van der Waals surface area contributed by atoms with E-state index >= 15 is 0 Å². The van der Waals surface area contributed by atoms with Gasteiger partial charge in [-0.15, -0.1) is 0 Å². The molecule has 0 saturated heterocycles. The van der Waals surface area contributed by atoms with Gasteiger partial charge in [-0.2, -0.15) is 0 Å². The van der Waals surface area contributed by atoms with Gasteiger partial charge in [0.1, 0.15) is 43.2 Å². The molecule has 0 aromatic rings. The number of esters is 2. The van der Waals surface area contributed by atoms with Crippen LogP contribution in [0, 0.1) is 0 Å². The standard InChI is InChI=1S/C41H63O13P/c1-3-5-7-9-11-13-15-17-19-21-23-25-27-29-34(42)51-31-33(32-52-55(49,50)54-41-39(47)37(45)36(44)38(46)40(41)48)53-35(43)30-28-26-24-22-20-18-16-14-12-10-8-6-4-2/h5-8,11-14,17-20,23-26,33,36-41,44-48H,3-4,9-10,15-16,21-22,27-32H2,1-2H3,(H,49,50)/b7-5-,8-6-,13-11-,14-12-,19-17-,20-18-,25-23-,26-24-. The summed E-state index contributed by atoms with van der Waals surface area (Å²) in [4.78, 5) is 35.4. The Morgan fingerprint density at radius 3 is 1.33 bits per heavy atom. The number of hydrogen-bond donors (Lipinski definition) is 6. The number of phosphoric acid groups is 1. The van der Waals surface area contributed by atoms with Crippen molar-refractivity contribution in [3.8, 4) is 0 Å². The molecule has 14 heteroatoms. The van der Waals surface area contributed by atoms with Crippen LogP contribution in [0.2, 0.25) is 0 Å². The number of phosphoric ester groups is 1. The molecule has 1 aliphatic rings. The maximum Gasteiger partial charge on any atom is 0.472 e. The lowest BCUT2D eigenvalue weighted by molar-refractivity contribution is -0.220. The summed E-state index contributed by atoms with van der Waals surface area (Å²) in [6, 6.07) is 0. The Bertz CT molecular complexity index is 1330. The quantitative estimate of drug-likeness (QED) is 0.0309. The van der Waals surface area contributed by atoms with Gasteiger partial charge in [0.05, 0.1) is 6.61 Å². The fourth-order valence-corrected chi connectivity index (χ4v) is 5.87. The zero-order chi connectivity index (χ0) is 40.7. The number of aliphatic hydroxyl groups excluding tert-OH is 5. The second kappa shape index (κ2) is 30.9. The van der Waals surface area contributed by atoms with Crippen molar-refractivity contribution < 1.29 is 63.1 Å². The van der Waals surface area contributed by atoms with Crippen molar-refractivity contribution in [1.82, 2.24) is 0 Å². The lowest BCUT2D eigenvalue weighted by Gasteiger charge is -2.41. The second-order valence-electron chi connectivity index (χ2n) is 12.7. The molecular formula is C41H63O13P. The first-order chi connectivity index (χ1) is 26.4. The van der Waals surface area contributed by atoms with Crippen molar-refractivity contribution >= 4 is 19.8 Å². The van der Waals surface area contributed by atoms with Crippen molar-refractivity contribution in [1.29, 1.82) is 0 Å². The molecular weight excluding hydrogens is 731 g/mol. The van der Waals surface area contributed by atoms with Crippen LogP contribution in [0.25, 0.3) is 0 Å². The summed E-state index contributed by atoms with van der Waals surface area (Å²) in [5, 5.41) is 49.9. The number of rotatable bonds is 28. The third-order valence-corrected chi connectivity index (χ3v) is 8.93. The first-order valence-electron chi connectivity index (χ1n) is 19.0. The van der Waals surface area contributed by atoms with Crippen LogP contribution in [-0.2, 0) is 32.7 Å². The highest BCUT2D eigenvalue weighted by Gasteiger charge is 2.51. The van der Waals surface area contributed by atoms with Crippen LogP contribution in [0.15, 0.2) is 97.2 Å². The lowest BCUT2D eigenvalue weighted by Crippen LogP contribution is -2.64. The predicted molar refractivity (Wildman–Crippen MR) is 211 cm³/mol. The Morgan fingerprint density at radius 2 is 0.909 bits per heavy atom. The molecule has 55 heavy (non-hydrogen) atoms. The van der Waals surface area contributed by atoms with Gasteiger partial charge in [0.25, 0.3) is 0 Å². The topological polar surface area (TPSA) is 210 Å². The molecule has 0 heterocycles. The van der Waals surface area contributed by atoms with Gasteiger partial charge in [-0.1, -0.05) is 111 Å². The summed E-state index contributed by atoms with van der Waals surface area (Å²) < 4.78 is 33.1. The normalized spacial score (nSPS) is 24.1. The molecule has 0 amide bonds. The highest BCUT2D eigenvalue weighted by atomic mass is 31.2. The van der Waals surface area contributed by atoms with E-state index < -0.39 is 75.7 Å². The molecule has 0 aliphatic heterocycles. The van der Waals surface area contributed by atoms with Crippen molar-refractivity contribution in [2.75, 3.05) is 13.2 Å². The first kappa shape index (κ1) is 49.8. The van der Waals surface area contributed by atoms with Crippen LogP contribution in [0.3, 0.4) is 0 Å².